The average Bonchev–Trinajstić information content (AvgIpc) is 3.36. The number of aliphatic imine (C=N–C) groups is 1. The molecule has 0 bridgehead atoms. The summed E-state index contributed by atoms with van der Waals surface area (Å²) >= 11 is 1.21. The molecule has 38 heavy (non-hydrogen) atoms. The van der Waals surface area contributed by atoms with Crippen LogP contribution in [-0.4, -0.2) is 39.1 Å². The smallest absolute Gasteiger partial charge is 0.283 e. The van der Waals surface area contributed by atoms with Gasteiger partial charge in [-0.1, -0.05) is 18.2 Å². The number of benzene rings is 2. The Morgan fingerprint density at radius 3 is 2.74 bits per heavy atom. The van der Waals surface area contributed by atoms with Gasteiger partial charge in [0, 0.05) is 23.5 Å². The molecule has 0 spiro atoms. The fraction of sp³-hybridized carbons (Fsp3) is 0.107. The van der Waals surface area contributed by atoms with Crippen molar-refractivity contribution < 1.29 is 18.7 Å². The number of halogens is 1. The molecule has 1 aromatic heterocycles. The summed E-state index contributed by atoms with van der Waals surface area (Å²) in [7, 11) is 1.52. The lowest BCUT2D eigenvalue weighted by Crippen LogP contribution is -2.35. The van der Waals surface area contributed by atoms with Gasteiger partial charge in [-0.2, -0.15) is 15.1 Å². The van der Waals surface area contributed by atoms with Gasteiger partial charge in [-0.3, -0.25) is 15.2 Å². The average molecular weight is 528 g/mol. The first-order valence-electron chi connectivity index (χ1n) is 11.6. The van der Waals surface area contributed by atoms with Crippen LogP contribution in [0.4, 0.5) is 4.39 Å². The van der Waals surface area contributed by atoms with E-state index in [1.807, 2.05) is 12.1 Å². The molecule has 0 radical (unpaired) electrons. The summed E-state index contributed by atoms with van der Waals surface area (Å²) in [5.74, 6) is 0.0446. The summed E-state index contributed by atoms with van der Waals surface area (Å²) in [6.45, 7) is 4.04. The maximum Gasteiger partial charge on any atom is 0.283 e. The lowest BCUT2D eigenvalue weighted by Gasteiger charge is -2.20. The molecule has 0 atom stereocenters. The molecule has 0 saturated heterocycles. The number of pyridine rings is 1. The van der Waals surface area contributed by atoms with Crippen LogP contribution < -0.4 is 9.47 Å². The summed E-state index contributed by atoms with van der Waals surface area (Å²) in [6, 6.07) is 13.3. The number of amidine groups is 2. The third-order valence-corrected chi connectivity index (χ3v) is 6.67. The number of ether oxygens (including phenoxy) is 2. The quantitative estimate of drug-likeness (QED) is 0.319. The van der Waals surface area contributed by atoms with Crippen molar-refractivity contribution in [3.8, 4) is 11.5 Å². The van der Waals surface area contributed by atoms with Gasteiger partial charge in [0.25, 0.3) is 5.91 Å². The molecule has 2 aliphatic heterocycles. The molecule has 1 amide bonds. The molecule has 0 fully saturated rings. The largest absolute Gasteiger partial charge is 0.493 e. The predicted octanol–water partition coefficient (Wildman–Crippen LogP) is 5.20. The molecule has 0 unspecified atom stereocenters. The number of nitrogens with one attached hydrogen (secondary N) is 1. The van der Waals surface area contributed by atoms with E-state index in [9.17, 15) is 9.18 Å². The van der Waals surface area contributed by atoms with Gasteiger partial charge in [-0.15, -0.1) is 6.58 Å². The van der Waals surface area contributed by atoms with E-state index in [2.05, 4.69) is 21.7 Å². The minimum Gasteiger partial charge on any atom is -0.493 e. The van der Waals surface area contributed by atoms with Crippen molar-refractivity contribution >= 4 is 39.8 Å². The molecular weight excluding hydrogens is 505 g/mol. The predicted molar refractivity (Wildman–Crippen MR) is 146 cm³/mol. The zero-order chi connectivity index (χ0) is 26.6. The highest BCUT2D eigenvalue weighted by atomic mass is 32.2. The van der Waals surface area contributed by atoms with Gasteiger partial charge >= 0.3 is 0 Å². The van der Waals surface area contributed by atoms with Gasteiger partial charge in [0.05, 0.1) is 12.7 Å². The van der Waals surface area contributed by atoms with Crippen molar-refractivity contribution in [3.63, 3.8) is 0 Å². The number of rotatable bonds is 8. The normalized spacial score (nSPS) is 15.7. The number of thioether (sulfide) groups is 1. The zero-order valence-electron chi connectivity index (χ0n) is 20.3. The van der Waals surface area contributed by atoms with Crippen LogP contribution in [0.25, 0.3) is 6.08 Å². The van der Waals surface area contributed by atoms with Crippen LogP contribution in [0.5, 0.6) is 11.5 Å². The second kappa shape index (κ2) is 10.8. The highest BCUT2D eigenvalue weighted by molar-refractivity contribution is 8.27. The third kappa shape index (κ3) is 5.12. The first-order valence-corrected chi connectivity index (χ1v) is 12.4. The molecule has 3 heterocycles. The number of hydrazone groups is 1. The first-order chi connectivity index (χ1) is 18.5. The highest BCUT2D eigenvalue weighted by Crippen LogP contribution is 2.36. The van der Waals surface area contributed by atoms with Crippen LogP contribution in [0.1, 0.15) is 22.3 Å². The number of carbonyl (C=O) groups is 1. The maximum absolute atomic E-state index is 13.3. The SMILES string of the molecule is C=CCc1cc(/C=C2/C(=N)N3N=C(c4cccnc4)SC3=NC2=O)cc(OC)c1OCc1ccc(F)cc1. The van der Waals surface area contributed by atoms with E-state index < -0.39 is 5.91 Å². The standard InChI is InChI=1S/C28H22FN5O3S/c1-3-5-19-12-18(14-23(36-2)24(19)37-16-17-7-9-21(29)10-8-17)13-22-25(30)34-28(32-26(22)35)38-27(33-34)20-6-4-11-31-15-20/h3-4,6-15,30H,1,5,16H2,2H3/b22-13-,30-25?. The topological polar surface area (TPSA) is 100 Å². The summed E-state index contributed by atoms with van der Waals surface area (Å²) in [5, 5.41) is 15.4. The van der Waals surface area contributed by atoms with Gasteiger partial charge in [-0.05, 0) is 71.8 Å². The Morgan fingerprint density at radius 1 is 1.21 bits per heavy atom. The molecule has 8 nitrogen and oxygen atoms in total. The Morgan fingerprint density at radius 2 is 2.03 bits per heavy atom. The number of hydrogen-bond donors (Lipinski definition) is 1. The number of nitrogens with zero attached hydrogens (tertiary/aromatic N) is 4. The van der Waals surface area contributed by atoms with Crippen molar-refractivity contribution in [2.75, 3.05) is 7.11 Å². The number of amides is 1. The molecule has 2 aliphatic rings. The van der Waals surface area contributed by atoms with E-state index >= 15 is 0 Å². The van der Waals surface area contributed by atoms with Crippen LogP contribution >= 0.6 is 11.8 Å². The molecule has 190 valence electrons. The summed E-state index contributed by atoms with van der Waals surface area (Å²) in [4.78, 5) is 21.2. The van der Waals surface area contributed by atoms with E-state index in [0.29, 0.717) is 33.7 Å². The Hall–Kier alpha value is -4.57. The second-order valence-corrected chi connectivity index (χ2v) is 9.24. The molecule has 5 rings (SSSR count). The van der Waals surface area contributed by atoms with Gasteiger partial charge in [0.15, 0.2) is 17.3 Å². The van der Waals surface area contributed by atoms with Crippen molar-refractivity contribution in [1.82, 2.24) is 9.99 Å². The number of methoxy groups -OCH3 is 1. The van der Waals surface area contributed by atoms with Crippen molar-refractivity contribution in [1.29, 1.82) is 5.41 Å². The molecule has 0 saturated carbocycles. The minimum atomic E-state index is -0.530. The third-order valence-electron chi connectivity index (χ3n) is 5.71. The zero-order valence-corrected chi connectivity index (χ0v) is 21.2. The van der Waals surface area contributed by atoms with Crippen LogP contribution in [0.2, 0.25) is 0 Å². The Balaban J connectivity index is 1.45. The maximum atomic E-state index is 13.3. The van der Waals surface area contributed by atoms with Gasteiger partial charge < -0.3 is 9.47 Å². The molecule has 1 N–H and O–H groups in total. The molecule has 10 heteroatoms. The Labute approximate surface area is 222 Å². The van der Waals surface area contributed by atoms with Crippen LogP contribution in [0.15, 0.2) is 89.2 Å². The number of aromatic nitrogens is 1. The van der Waals surface area contributed by atoms with E-state index in [-0.39, 0.29) is 23.8 Å². The first kappa shape index (κ1) is 25.1. The summed E-state index contributed by atoms with van der Waals surface area (Å²) in [5.41, 5.74) is 3.07. The summed E-state index contributed by atoms with van der Waals surface area (Å²) < 4.78 is 24.9. The van der Waals surface area contributed by atoms with Crippen LogP contribution in [0, 0.1) is 11.2 Å². The minimum absolute atomic E-state index is 0.0766. The highest BCUT2D eigenvalue weighted by Gasteiger charge is 2.36. The van der Waals surface area contributed by atoms with Crippen molar-refractivity contribution in [3.05, 3.63) is 107 Å². The molecular formula is C28H22FN5O3S. The van der Waals surface area contributed by atoms with E-state index in [4.69, 9.17) is 14.9 Å². The fourth-order valence-corrected chi connectivity index (χ4v) is 4.77. The number of allylic oxidation sites excluding steroid dienone is 1. The van der Waals surface area contributed by atoms with Gasteiger partial charge in [0.1, 0.15) is 17.5 Å². The number of hydrogen-bond acceptors (Lipinski definition) is 7. The lowest BCUT2D eigenvalue weighted by molar-refractivity contribution is -0.114. The van der Waals surface area contributed by atoms with E-state index in [0.717, 1.165) is 16.7 Å². The number of carbonyl (C=O) groups excluding carboxylic acids is 1. The van der Waals surface area contributed by atoms with Crippen molar-refractivity contribution in [2.45, 2.75) is 13.0 Å². The monoisotopic (exact) mass is 527 g/mol. The van der Waals surface area contributed by atoms with Crippen LogP contribution in [0.3, 0.4) is 0 Å². The summed E-state index contributed by atoms with van der Waals surface area (Å²) in [6.07, 6.45) is 7.12. The van der Waals surface area contributed by atoms with E-state index in [1.165, 1.54) is 36.0 Å². The fourth-order valence-electron chi connectivity index (χ4n) is 3.89. The van der Waals surface area contributed by atoms with Crippen LogP contribution in [-0.2, 0) is 17.8 Å². The van der Waals surface area contributed by atoms with Crippen molar-refractivity contribution in [2.24, 2.45) is 10.1 Å². The number of fused-ring (bicyclic) bond motifs is 1. The molecule has 0 aliphatic carbocycles. The molecule has 3 aromatic rings. The lowest BCUT2D eigenvalue weighted by atomic mass is 10.0. The van der Waals surface area contributed by atoms with Gasteiger partial charge in [-0.25, -0.2) is 4.39 Å². The molecule has 2 aromatic carbocycles. The Bertz CT molecular complexity index is 1520. The van der Waals surface area contributed by atoms with E-state index in [1.54, 1.807) is 48.8 Å². The van der Waals surface area contributed by atoms with Gasteiger partial charge in [0.2, 0.25) is 5.17 Å². The second-order valence-electron chi connectivity index (χ2n) is 8.29. The Kier molecular flexibility index (Phi) is 7.14.